The Hall–Kier alpha value is -2.02. The van der Waals surface area contributed by atoms with E-state index in [1.807, 2.05) is 31.7 Å². The maximum absolute atomic E-state index is 12.5. The van der Waals surface area contributed by atoms with Crippen molar-refractivity contribution in [2.24, 2.45) is 5.41 Å². The Kier molecular flexibility index (Phi) is 5.27. The fraction of sp³-hybridized carbons (Fsp3) is 0.526. The van der Waals surface area contributed by atoms with Gasteiger partial charge in [0.25, 0.3) is 5.91 Å². The second-order valence-electron chi connectivity index (χ2n) is 7.84. The molecule has 2 N–H and O–H groups in total. The van der Waals surface area contributed by atoms with Gasteiger partial charge < -0.3 is 15.5 Å². The first-order valence-corrected chi connectivity index (χ1v) is 9.89. The number of thioether (sulfide) groups is 1. The summed E-state index contributed by atoms with van der Waals surface area (Å²) >= 11 is 1.48. The fourth-order valence-corrected chi connectivity index (χ4v) is 3.98. The number of anilines is 1. The summed E-state index contributed by atoms with van der Waals surface area (Å²) in [5.41, 5.74) is 0.867. The van der Waals surface area contributed by atoms with Crippen molar-refractivity contribution in [3.63, 3.8) is 0 Å². The molecule has 140 valence electrons. The zero-order chi connectivity index (χ0) is 18.9. The fourth-order valence-electron chi connectivity index (χ4n) is 3.19. The number of rotatable bonds is 2. The lowest BCUT2D eigenvalue weighted by molar-refractivity contribution is -0.140. The largest absolute Gasteiger partial charge is 0.349 e. The number of benzene rings is 1. The summed E-state index contributed by atoms with van der Waals surface area (Å²) in [4.78, 5) is 39.3. The first-order valence-electron chi connectivity index (χ1n) is 8.91. The van der Waals surface area contributed by atoms with Crippen molar-refractivity contribution in [1.29, 1.82) is 0 Å². The van der Waals surface area contributed by atoms with Crippen LogP contribution in [0.25, 0.3) is 0 Å². The molecule has 0 aliphatic carbocycles. The van der Waals surface area contributed by atoms with E-state index in [4.69, 9.17) is 0 Å². The Balaban J connectivity index is 1.57. The number of nitrogens with one attached hydrogen (secondary N) is 2. The standard InChI is InChI=1S/C19H25N3O3S/c1-19(2,3)18(25)22-8-6-13(7-9-22)20-17(24)12-4-5-15-14(10-12)21-16(23)11-26-15/h4-5,10,13H,6-9,11H2,1-3H3,(H,20,24)(H,21,23). The molecule has 2 heterocycles. The van der Waals surface area contributed by atoms with Crippen molar-refractivity contribution in [2.45, 2.75) is 44.6 Å². The first kappa shape index (κ1) is 18.8. The predicted octanol–water partition coefficient (Wildman–Crippen LogP) is 2.50. The van der Waals surface area contributed by atoms with Gasteiger partial charge in [0, 0.05) is 35.0 Å². The minimum atomic E-state index is -0.373. The van der Waals surface area contributed by atoms with Gasteiger partial charge in [-0.3, -0.25) is 14.4 Å². The second-order valence-corrected chi connectivity index (χ2v) is 8.85. The number of hydrogen-bond donors (Lipinski definition) is 2. The van der Waals surface area contributed by atoms with Crippen LogP contribution in [0, 0.1) is 5.41 Å². The van der Waals surface area contributed by atoms with Gasteiger partial charge in [0.1, 0.15) is 0 Å². The molecule has 1 fully saturated rings. The summed E-state index contributed by atoms with van der Waals surface area (Å²) in [6.07, 6.45) is 1.51. The van der Waals surface area contributed by atoms with Gasteiger partial charge in [0.05, 0.1) is 11.4 Å². The lowest BCUT2D eigenvalue weighted by Gasteiger charge is -2.36. The van der Waals surface area contributed by atoms with Crippen LogP contribution in [0.15, 0.2) is 23.1 Å². The molecular weight excluding hydrogens is 350 g/mol. The highest BCUT2D eigenvalue weighted by Gasteiger charge is 2.30. The number of carbonyl (C=O) groups excluding carboxylic acids is 3. The normalized spacial score (nSPS) is 18.1. The predicted molar refractivity (Wildman–Crippen MR) is 102 cm³/mol. The second kappa shape index (κ2) is 7.31. The van der Waals surface area contributed by atoms with E-state index in [0.29, 0.717) is 30.1 Å². The maximum Gasteiger partial charge on any atom is 0.251 e. The van der Waals surface area contributed by atoms with Crippen LogP contribution in [0.4, 0.5) is 5.69 Å². The number of piperidine rings is 1. The highest BCUT2D eigenvalue weighted by molar-refractivity contribution is 8.00. The molecule has 6 nitrogen and oxygen atoms in total. The van der Waals surface area contributed by atoms with Gasteiger partial charge in [-0.15, -0.1) is 11.8 Å². The third-order valence-electron chi connectivity index (χ3n) is 4.63. The van der Waals surface area contributed by atoms with Gasteiger partial charge in [-0.1, -0.05) is 20.8 Å². The lowest BCUT2D eigenvalue weighted by Crippen LogP contribution is -2.49. The third-order valence-corrected chi connectivity index (χ3v) is 5.71. The highest BCUT2D eigenvalue weighted by Crippen LogP contribution is 2.32. The van der Waals surface area contributed by atoms with Crippen LogP contribution in [-0.2, 0) is 9.59 Å². The van der Waals surface area contributed by atoms with Crippen LogP contribution < -0.4 is 10.6 Å². The molecule has 3 rings (SSSR count). The Bertz CT molecular complexity index is 734. The van der Waals surface area contributed by atoms with E-state index in [9.17, 15) is 14.4 Å². The van der Waals surface area contributed by atoms with Crippen molar-refractivity contribution < 1.29 is 14.4 Å². The average molecular weight is 375 g/mol. The number of fused-ring (bicyclic) bond motifs is 1. The van der Waals surface area contributed by atoms with Crippen LogP contribution in [0.2, 0.25) is 0 Å². The van der Waals surface area contributed by atoms with E-state index in [1.165, 1.54) is 11.8 Å². The molecule has 1 aromatic rings. The minimum Gasteiger partial charge on any atom is -0.349 e. The van der Waals surface area contributed by atoms with E-state index in [-0.39, 0.29) is 29.2 Å². The number of nitrogens with zero attached hydrogens (tertiary/aromatic N) is 1. The molecule has 0 atom stereocenters. The summed E-state index contributed by atoms with van der Waals surface area (Å²) in [7, 11) is 0. The van der Waals surface area contributed by atoms with Gasteiger partial charge in [-0.25, -0.2) is 0 Å². The molecular formula is C19H25N3O3S. The number of hydrogen-bond acceptors (Lipinski definition) is 4. The van der Waals surface area contributed by atoms with E-state index in [2.05, 4.69) is 10.6 Å². The van der Waals surface area contributed by atoms with Crippen LogP contribution in [0.1, 0.15) is 44.0 Å². The summed E-state index contributed by atoms with van der Waals surface area (Å²) in [6, 6.07) is 5.45. The van der Waals surface area contributed by atoms with Gasteiger partial charge in [-0.2, -0.15) is 0 Å². The third kappa shape index (κ3) is 4.20. The molecule has 7 heteroatoms. The van der Waals surface area contributed by atoms with Crippen LogP contribution in [-0.4, -0.2) is 47.5 Å². The Labute approximate surface area is 158 Å². The zero-order valence-electron chi connectivity index (χ0n) is 15.4. The summed E-state index contributed by atoms with van der Waals surface area (Å²) < 4.78 is 0. The monoisotopic (exact) mass is 375 g/mol. The van der Waals surface area contributed by atoms with Gasteiger partial charge in [-0.05, 0) is 31.0 Å². The number of likely N-dealkylation sites (tertiary alicyclic amines) is 1. The SMILES string of the molecule is CC(C)(C)C(=O)N1CCC(NC(=O)c2ccc3c(c2)NC(=O)CS3)CC1. The van der Waals surface area contributed by atoms with E-state index in [1.54, 1.807) is 12.1 Å². The van der Waals surface area contributed by atoms with Crippen molar-refractivity contribution in [1.82, 2.24) is 10.2 Å². The molecule has 2 aliphatic heterocycles. The smallest absolute Gasteiger partial charge is 0.251 e. The molecule has 0 spiro atoms. The molecule has 0 aromatic heterocycles. The van der Waals surface area contributed by atoms with Crippen molar-refractivity contribution in [3.8, 4) is 0 Å². The van der Waals surface area contributed by atoms with Crippen molar-refractivity contribution in [2.75, 3.05) is 24.2 Å². The summed E-state index contributed by atoms with van der Waals surface area (Å²) in [5.74, 6) is 0.379. The Morgan fingerprint density at radius 1 is 1.23 bits per heavy atom. The molecule has 26 heavy (non-hydrogen) atoms. The molecule has 3 amide bonds. The quantitative estimate of drug-likeness (QED) is 0.832. The number of amides is 3. The van der Waals surface area contributed by atoms with E-state index in [0.717, 1.165) is 17.7 Å². The minimum absolute atomic E-state index is 0.0454. The molecule has 0 saturated carbocycles. The van der Waals surface area contributed by atoms with Crippen LogP contribution in [0.3, 0.4) is 0 Å². The van der Waals surface area contributed by atoms with Crippen molar-refractivity contribution >= 4 is 35.2 Å². The zero-order valence-corrected chi connectivity index (χ0v) is 16.2. The Morgan fingerprint density at radius 2 is 1.92 bits per heavy atom. The number of carbonyl (C=O) groups is 3. The molecule has 0 radical (unpaired) electrons. The van der Waals surface area contributed by atoms with Gasteiger partial charge >= 0.3 is 0 Å². The van der Waals surface area contributed by atoms with Gasteiger partial charge in [0.15, 0.2) is 0 Å². The molecule has 1 saturated heterocycles. The molecule has 0 unspecified atom stereocenters. The average Bonchev–Trinajstić information content (AvgIpc) is 2.60. The first-order chi connectivity index (χ1) is 12.2. The van der Waals surface area contributed by atoms with E-state index >= 15 is 0 Å². The van der Waals surface area contributed by atoms with Crippen LogP contribution >= 0.6 is 11.8 Å². The molecule has 1 aromatic carbocycles. The highest BCUT2D eigenvalue weighted by atomic mass is 32.2. The summed E-state index contributed by atoms with van der Waals surface area (Å²) in [6.45, 7) is 7.11. The van der Waals surface area contributed by atoms with Gasteiger partial charge in [0.2, 0.25) is 11.8 Å². The molecule has 2 aliphatic rings. The van der Waals surface area contributed by atoms with E-state index < -0.39 is 0 Å². The topological polar surface area (TPSA) is 78.5 Å². The van der Waals surface area contributed by atoms with Crippen LogP contribution in [0.5, 0.6) is 0 Å². The van der Waals surface area contributed by atoms with Crippen molar-refractivity contribution in [3.05, 3.63) is 23.8 Å². The molecule has 0 bridgehead atoms. The maximum atomic E-state index is 12.5. The lowest BCUT2D eigenvalue weighted by atomic mass is 9.93. The Morgan fingerprint density at radius 3 is 2.58 bits per heavy atom. The summed E-state index contributed by atoms with van der Waals surface area (Å²) in [5, 5.41) is 5.86.